The molecule has 0 aliphatic carbocycles. The molecule has 1 aliphatic heterocycles. The van der Waals surface area contributed by atoms with Crippen molar-refractivity contribution in [3.63, 3.8) is 0 Å². The van der Waals surface area contributed by atoms with Gasteiger partial charge in [-0.15, -0.1) is 0 Å². The molecule has 0 atom stereocenters. The van der Waals surface area contributed by atoms with Crippen LogP contribution in [0.15, 0.2) is 47.5 Å². The van der Waals surface area contributed by atoms with Crippen molar-refractivity contribution >= 4 is 29.1 Å². The SMILES string of the molecule is CNC(=O)c1ccc(C)cc1NC(=O)Nc1cccc(C2=NCCN2)c1. The Balaban J connectivity index is 1.74. The van der Waals surface area contributed by atoms with E-state index in [1.54, 1.807) is 25.2 Å². The number of hydrogen-bond donors (Lipinski definition) is 4. The number of benzene rings is 2. The van der Waals surface area contributed by atoms with Crippen molar-refractivity contribution in [1.82, 2.24) is 10.6 Å². The summed E-state index contributed by atoms with van der Waals surface area (Å²) in [6.07, 6.45) is 0. The second-order valence-corrected chi connectivity index (χ2v) is 5.95. The third kappa shape index (κ3) is 4.00. The molecule has 2 aromatic carbocycles. The smallest absolute Gasteiger partial charge is 0.323 e. The predicted molar refractivity (Wildman–Crippen MR) is 103 cm³/mol. The average Bonchev–Trinajstić information content (AvgIpc) is 3.16. The fourth-order valence-electron chi connectivity index (χ4n) is 2.71. The van der Waals surface area contributed by atoms with Gasteiger partial charge in [-0.25, -0.2) is 4.79 Å². The first-order chi connectivity index (χ1) is 12.6. The predicted octanol–water partition coefficient (Wildman–Crippen LogP) is 2.35. The van der Waals surface area contributed by atoms with Crippen LogP contribution >= 0.6 is 0 Å². The number of aryl methyl sites for hydroxylation is 1. The Hall–Kier alpha value is -3.35. The minimum Gasteiger partial charge on any atom is -0.368 e. The van der Waals surface area contributed by atoms with Crippen LogP contribution in [-0.4, -0.2) is 37.9 Å². The van der Waals surface area contributed by atoms with Gasteiger partial charge in [0.15, 0.2) is 0 Å². The molecule has 3 rings (SSSR count). The lowest BCUT2D eigenvalue weighted by molar-refractivity contribution is 0.0964. The zero-order valence-electron chi connectivity index (χ0n) is 14.7. The van der Waals surface area contributed by atoms with Crippen molar-refractivity contribution in [3.05, 3.63) is 59.2 Å². The van der Waals surface area contributed by atoms with Gasteiger partial charge in [-0.2, -0.15) is 0 Å². The van der Waals surface area contributed by atoms with Crippen molar-refractivity contribution in [2.24, 2.45) is 4.99 Å². The molecule has 2 aromatic rings. The molecular weight excluding hydrogens is 330 g/mol. The number of amides is 3. The monoisotopic (exact) mass is 351 g/mol. The summed E-state index contributed by atoms with van der Waals surface area (Å²) in [5.41, 5.74) is 3.37. The molecule has 0 aromatic heterocycles. The van der Waals surface area contributed by atoms with Crippen molar-refractivity contribution in [1.29, 1.82) is 0 Å². The quantitative estimate of drug-likeness (QED) is 0.681. The van der Waals surface area contributed by atoms with Crippen LogP contribution in [0.2, 0.25) is 0 Å². The van der Waals surface area contributed by atoms with Gasteiger partial charge in [0.2, 0.25) is 0 Å². The number of nitrogens with one attached hydrogen (secondary N) is 4. The molecule has 0 saturated carbocycles. The topological polar surface area (TPSA) is 94.6 Å². The van der Waals surface area contributed by atoms with E-state index in [2.05, 4.69) is 26.3 Å². The van der Waals surface area contributed by atoms with Gasteiger partial charge in [0.25, 0.3) is 5.91 Å². The highest BCUT2D eigenvalue weighted by Gasteiger charge is 2.13. The maximum absolute atomic E-state index is 12.4. The number of carbonyl (C=O) groups excluding carboxylic acids is 2. The Kier molecular flexibility index (Phi) is 5.17. The number of rotatable bonds is 4. The van der Waals surface area contributed by atoms with Crippen LogP contribution in [0.5, 0.6) is 0 Å². The Morgan fingerprint density at radius 1 is 1.12 bits per heavy atom. The molecule has 1 heterocycles. The molecule has 1 aliphatic rings. The highest BCUT2D eigenvalue weighted by Crippen LogP contribution is 2.19. The molecule has 3 amide bonds. The van der Waals surface area contributed by atoms with Crippen LogP contribution in [-0.2, 0) is 0 Å². The minimum atomic E-state index is -0.417. The van der Waals surface area contributed by atoms with E-state index in [4.69, 9.17) is 0 Å². The third-order valence-corrected chi connectivity index (χ3v) is 3.96. The molecule has 4 N–H and O–H groups in total. The van der Waals surface area contributed by atoms with Crippen LogP contribution in [0.4, 0.5) is 16.2 Å². The molecule has 134 valence electrons. The zero-order valence-corrected chi connectivity index (χ0v) is 14.7. The van der Waals surface area contributed by atoms with E-state index >= 15 is 0 Å². The van der Waals surface area contributed by atoms with E-state index in [1.165, 1.54) is 0 Å². The van der Waals surface area contributed by atoms with Crippen LogP contribution in [0.25, 0.3) is 0 Å². The molecule has 7 heteroatoms. The summed E-state index contributed by atoms with van der Waals surface area (Å²) in [4.78, 5) is 28.7. The van der Waals surface area contributed by atoms with Gasteiger partial charge in [-0.05, 0) is 36.8 Å². The first kappa shape index (κ1) is 17.5. The number of hydrogen-bond acceptors (Lipinski definition) is 4. The van der Waals surface area contributed by atoms with Crippen LogP contribution < -0.4 is 21.3 Å². The summed E-state index contributed by atoms with van der Waals surface area (Å²) in [5, 5.41) is 11.3. The summed E-state index contributed by atoms with van der Waals surface area (Å²) in [5.74, 6) is 0.572. The van der Waals surface area contributed by atoms with Crippen LogP contribution in [0.3, 0.4) is 0 Å². The van der Waals surface area contributed by atoms with Crippen molar-refractivity contribution in [3.8, 4) is 0 Å². The highest BCUT2D eigenvalue weighted by molar-refractivity contribution is 6.07. The molecule has 0 bridgehead atoms. The molecule has 0 saturated heterocycles. The van der Waals surface area contributed by atoms with Crippen molar-refractivity contribution in [2.45, 2.75) is 6.92 Å². The fraction of sp³-hybridized carbons (Fsp3) is 0.211. The molecule has 0 radical (unpaired) electrons. The highest BCUT2D eigenvalue weighted by atomic mass is 16.2. The first-order valence-corrected chi connectivity index (χ1v) is 8.36. The number of aliphatic imine (C=N–C) groups is 1. The van der Waals surface area contributed by atoms with Gasteiger partial charge < -0.3 is 21.3 Å². The Morgan fingerprint density at radius 2 is 1.96 bits per heavy atom. The average molecular weight is 351 g/mol. The largest absolute Gasteiger partial charge is 0.368 e. The van der Waals surface area contributed by atoms with Crippen molar-refractivity contribution < 1.29 is 9.59 Å². The number of carbonyl (C=O) groups is 2. The van der Waals surface area contributed by atoms with E-state index in [0.29, 0.717) is 16.9 Å². The summed E-state index contributed by atoms with van der Waals surface area (Å²) in [6, 6.07) is 12.3. The van der Waals surface area contributed by atoms with Gasteiger partial charge in [0, 0.05) is 24.8 Å². The molecule has 0 unspecified atom stereocenters. The molecule has 26 heavy (non-hydrogen) atoms. The van der Waals surface area contributed by atoms with Gasteiger partial charge >= 0.3 is 6.03 Å². The van der Waals surface area contributed by atoms with E-state index in [9.17, 15) is 9.59 Å². The standard InChI is InChI=1S/C19H21N5O2/c1-12-6-7-15(18(25)20-2)16(10-12)24-19(26)23-14-5-3-4-13(11-14)17-21-8-9-22-17/h3-7,10-11H,8-9H2,1-2H3,(H,20,25)(H,21,22)(H2,23,24,26). The molecular formula is C19H21N5O2. The van der Waals surface area contributed by atoms with Crippen LogP contribution in [0, 0.1) is 6.92 Å². The summed E-state index contributed by atoms with van der Waals surface area (Å²) < 4.78 is 0. The van der Waals surface area contributed by atoms with E-state index < -0.39 is 6.03 Å². The van der Waals surface area contributed by atoms with Crippen molar-refractivity contribution in [2.75, 3.05) is 30.8 Å². The lowest BCUT2D eigenvalue weighted by Gasteiger charge is -2.13. The van der Waals surface area contributed by atoms with Gasteiger partial charge in [-0.1, -0.05) is 18.2 Å². The van der Waals surface area contributed by atoms with E-state index in [1.807, 2.05) is 31.2 Å². The first-order valence-electron chi connectivity index (χ1n) is 8.36. The minimum absolute atomic E-state index is 0.257. The maximum Gasteiger partial charge on any atom is 0.323 e. The van der Waals surface area contributed by atoms with E-state index in [-0.39, 0.29) is 5.91 Å². The van der Waals surface area contributed by atoms with E-state index in [0.717, 1.165) is 30.1 Å². The number of anilines is 2. The fourth-order valence-corrected chi connectivity index (χ4v) is 2.71. The Labute approximate surface area is 151 Å². The number of urea groups is 1. The number of amidine groups is 1. The van der Waals surface area contributed by atoms with Gasteiger partial charge in [0.1, 0.15) is 5.84 Å². The Bertz CT molecular complexity index is 876. The molecule has 7 nitrogen and oxygen atoms in total. The van der Waals surface area contributed by atoms with Crippen LogP contribution in [0.1, 0.15) is 21.5 Å². The van der Waals surface area contributed by atoms with Gasteiger partial charge in [0.05, 0.1) is 17.8 Å². The maximum atomic E-state index is 12.4. The number of nitrogens with zero attached hydrogens (tertiary/aromatic N) is 1. The molecule has 0 spiro atoms. The lowest BCUT2D eigenvalue weighted by atomic mass is 10.1. The molecule has 0 fully saturated rings. The summed E-state index contributed by atoms with van der Waals surface area (Å²) in [6.45, 7) is 3.47. The Morgan fingerprint density at radius 3 is 2.69 bits per heavy atom. The summed E-state index contributed by atoms with van der Waals surface area (Å²) in [7, 11) is 1.55. The second kappa shape index (κ2) is 7.69. The zero-order chi connectivity index (χ0) is 18.5. The second-order valence-electron chi connectivity index (χ2n) is 5.95. The third-order valence-electron chi connectivity index (χ3n) is 3.96. The normalized spacial score (nSPS) is 12.8. The van der Waals surface area contributed by atoms with Gasteiger partial charge in [-0.3, -0.25) is 9.79 Å². The summed E-state index contributed by atoms with van der Waals surface area (Å²) >= 11 is 0. The lowest BCUT2D eigenvalue weighted by Crippen LogP contribution is -2.24.